The van der Waals surface area contributed by atoms with Crippen molar-refractivity contribution in [1.29, 1.82) is 0 Å². The zero-order valence-electron chi connectivity index (χ0n) is 8.07. The van der Waals surface area contributed by atoms with Gasteiger partial charge in [0.2, 0.25) is 0 Å². The molecule has 1 N–H and O–H groups in total. The number of allylic oxidation sites excluding steroid dienone is 6. The Morgan fingerprint density at radius 1 is 1.43 bits per heavy atom. The molecule has 0 aromatic rings. The first kappa shape index (κ1) is 9.25. The van der Waals surface area contributed by atoms with Gasteiger partial charge in [0.25, 0.3) is 0 Å². The van der Waals surface area contributed by atoms with Gasteiger partial charge in [0.05, 0.1) is 5.92 Å². The minimum Gasteiger partial charge on any atom is -0.481 e. The van der Waals surface area contributed by atoms with E-state index < -0.39 is 5.97 Å². The fraction of sp³-hybridized carbons (Fsp3) is 0.417. The van der Waals surface area contributed by atoms with Crippen molar-refractivity contribution in [2.45, 2.75) is 25.7 Å². The van der Waals surface area contributed by atoms with Crippen molar-refractivity contribution in [1.82, 2.24) is 0 Å². The van der Waals surface area contributed by atoms with Gasteiger partial charge in [0.1, 0.15) is 0 Å². The largest absolute Gasteiger partial charge is 0.481 e. The van der Waals surface area contributed by atoms with E-state index in [0.29, 0.717) is 6.42 Å². The molecule has 2 aliphatic rings. The van der Waals surface area contributed by atoms with Crippen LogP contribution >= 0.6 is 0 Å². The molecule has 14 heavy (non-hydrogen) atoms. The molecule has 1 atom stereocenters. The highest BCUT2D eigenvalue weighted by Gasteiger charge is 2.24. The first-order valence-electron chi connectivity index (χ1n) is 5.04. The van der Waals surface area contributed by atoms with Crippen LogP contribution in [0.15, 0.2) is 35.5 Å². The van der Waals surface area contributed by atoms with Crippen molar-refractivity contribution in [3.63, 3.8) is 0 Å². The summed E-state index contributed by atoms with van der Waals surface area (Å²) in [6.07, 6.45) is 11.7. The van der Waals surface area contributed by atoms with E-state index in [9.17, 15) is 4.79 Å². The van der Waals surface area contributed by atoms with Crippen molar-refractivity contribution < 1.29 is 9.90 Å². The van der Waals surface area contributed by atoms with Crippen molar-refractivity contribution in [2.75, 3.05) is 0 Å². The van der Waals surface area contributed by atoms with Gasteiger partial charge in [-0.1, -0.05) is 29.9 Å². The summed E-state index contributed by atoms with van der Waals surface area (Å²) in [6.45, 7) is 0. The molecule has 0 radical (unpaired) electrons. The maximum Gasteiger partial charge on any atom is 0.306 e. The lowest BCUT2D eigenvalue weighted by Crippen LogP contribution is -2.18. The minimum absolute atomic E-state index is 0.170. The number of hydrogen-bond acceptors (Lipinski definition) is 1. The second-order valence-corrected chi connectivity index (χ2v) is 3.90. The monoisotopic (exact) mass is 190 g/mol. The molecule has 74 valence electrons. The fourth-order valence-corrected chi connectivity index (χ4v) is 2.11. The van der Waals surface area contributed by atoms with Crippen molar-refractivity contribution in [3.05, 3.63) is 35.5 Å². The number of aliphatic carboxylic acids is 1. The molecule has 0 aromatic carbocycles. The summed E-state index contributed by atoms with van der Waals surface area (Å²) in [7, 11) is 0. The van der Waals surface area contributed by atoms with Gasteiger partial charge in [-0.05, 0) is 31.3 Å². The van der Waals surface area contributed by atoms with Crippen LogP contribution in [0.25, 0.3) is 0 Å². The molecule has 0 amide bonds. The smallest absolute Gasteiger partial charge is 0.306 e. The summed E-state index contributed by atoms with van der Waals surface area (Å²) in [4.78, 5) is 10.9. The average molecular weight is 190 g/mol. The maximum atomic E-state index is 10.9. The molecule has 2 rings (SSSR count). The van der Waals surface area contributed by atoms with E-state index >= 15 is 0 Å². The van der Waals surface area contributed by atoms with E-state index in [-0.39, 0.29) is 5.92 Å². The molecule has 2 heteroatoms. The lowest BCUT2D eigenvalue weighted by Gasteiger charge is -2.22. The van der Waals surface area contributed by atoms with Crippen LogP contribution in [0.3, 0.4) is 0 Å². The van der Waals surface area contributed by atoms with E-state index in [4.69, 9.17) is 5.11 Å². The third-order valence-corrected chi connectivity index (χ3v) is 2.97. The van der Waals surface area contributed by atoms with E-state index in [1.54, 1.807) is 0 Å². The van der Waals surface area contributed by atoms with Crippen LogP contribution < -0.4 is 0 Å². The standard InChI is InChI=1S/C12H14O2/c13-12(14)11-7-6-9-4-2-1-3-5-10(9)8-11/h1-3,5,11H,4,6-8H2,(H,13,14). The summed E-state index contributed by atoms with van der Waals surface area (Å²) in [5.74, 6) is -0.821. The third-order valence-electron chi connectivity index (χ3n) is 2.97. The van der Waals surface area contributed by atoms with Crippen LogP contribution in [0, 0.1) is 5.92 Å². The maximum absolute atomic E-state index is 10.9. The predicted octanol–water partition coefficient (Wildman–Crippen LogP) is 2.68. The van der Waals surface area contributed by atoms with E-state index in [2.05, 4.69) is 12.2 Å². The van der Waals surface area contributed by atoms with Crippen LogP contribution in [0.4, 0.5) is 0 Å². The van der Waals surface area contributed by atoms with Gasteiger partial charge in [-0.2, -0.15) is 0 Å². The number of hydrogen-bond donors (Lipinski definition) is 1. The second kappa shape index (κ2) is 3.82. The van der Waals surface area contributed by atoms with Gasteiger partial charge in [-0.15, -0.1) is 0 Å². The van der Waals surface area contributed by atoms with Gasteiger partial charge in [-0.3, -0.25) is 4.79 Å². The van der Waals surface area contributed by atoms with Crippen LogP contribution in [-0.4, -0.2) is 11.1 Å². The fourth-order valence-electron chi connectivity index (χ4n) is 2.11. The minimum atomic E-state index is -0.651. The molecular weight excluding hydrogens is 176 g/mol. The number of rotatable bonds is 1. The summed E-state index contributed by atoms with van der Waals surface area (Å²) < 4.78 is 0. The molecule has 0 saturated heterocycles. The summed E-state index contributed by atoms with van der Waals surface area (Å²) in [5.41, 5.74) is 2.67. The normalized spacial score (nSPS) is 25.9. The van der Waals surface area contributed by atoms with E-state index in [0.717, 1.165) is 19.3 Å². The first-order valence-corrected chi connectivity index (χ1v) is 5.04. The van der Waals surface area contributed by atoms with Crippen molar-refractivity contribution in [2.24, 2.45) is 5.92 Å². The highest BCUT2D eigenvalue weighted by atomic mass is 16.4. The zero-order valence-corrected chi connectivity index (χ0v) is 8.07. The predicted molar refractivity (Wildman–Crippen MR) is 54.9 cm³/mol. The lowest BCUT2D eigenvalue weighted by molar-refractivity contribution is -0.142. The molecule has 0 heterocycles. The molecule has 1 unspecified atom stereocenters. The molecule has 0 fully saturated rings. The molecular formula is C12H14O2. The van der Waals surface area contributed by atoms with Crippen molar-refractivity contribution >= 4 is 5.97 Å². The van der Waals surface area contributed by atoms with Gasteiger partial charge in [0.15, 0.2) is 0 Å². The number of carbonyl (C=O) groups is 1. The molecule has 2 nitrogen and oxygen atoms in total. The molecule has 0 bridgehead atoms. The van der Waals surface area contributed by atoms with E-state index in [1.807, 2.05) is 12.2 Å². The van der Waals surface area contributed by atoms with Crippen molar-refractivity contribution in [3.8, 4) is 0 Å². The van der Waals surface area contributed by atoms with Gasteiger partial charge in [-0.25, -0.2) is 0 Å². The van der Waals surface area contributed by atoms with Crippen LogP contribution in [0.5, 0.6) is 0 Å². The first-order chi connectivity index (χ1) is 6.77. The quantitative estimate of drug-likeness (QED) is 0.690. The molecule has 0 aromatic heterocycles. The average Bonchev–Trinajstić information content (AvgIpc) is 2.41. The highest BCUT2D eigenvalue weighted by molar-refractivity contribution is 5.71. The molecule has 2 aliphatic carbocycles. The Bertz CT molecular complexity index is 334. The van der Waals surface area contributed by atoms with Gasteiger partial charge < -0.3 is 5.11 Å². The Morgan fingerprint density at radius 3 is 3.07 bits per heavy atom. The Kier molecular flexibility index (Phi) is 2.53. The summed E-state index contributed by atoms with van der Waals surface area (Å²) in [6, 6.07) is 0. The number of carboxylic acid groups (broad SMARTS) is 1. The summed E-state index contributed by atoms with van der Waals surface area (Å²) in [5, 5.41) is 8.94. The molecule has 0 aliphatic heterocycles. The Labute approximate surface area is 83.6 Å². The van der Waals surface area contributed by atoms with Crippen LogP contribution in [0.2, 0.25) is 0 Å². The number of carboxylic acids is 1. The second-order valence-electron chi connectivity index (χ2n) is 3.90. The molecule has 0 spiro atoms. The van der Waals surface area contributed by atoms with E-state index in [1.165, 1.54) is 11.1 Å². The Balaban J connectivity index is 2.18. The van der Waals surface area contributed by atoms with Gasteiger partial charge in [0, 0.05) is 0 Å². The highest BCUT2D eigenvalue weighted by Crippen LogP contribution is 2.33. The lowest BCUT2D eigenvalue weighted by atomic mass is 9.83. The van der Waals surface area contributed by atoms with Crippen LogP contribution in [0.1, 0.15) is 25.7 Å². The SMILES string of the molecule is O=C(O)C1CCC2=C(C=CC=CC2)C1. The topological polar surface area (TPSA) is 37.3 Å². The zero-order chi connectivity index (χ0) is 9.97. The van der Waals surface area contributed by atoms with Crippen LogP contribution in [-0.2, 0) is 4.79 Å². The van der Waals surface area contributed by atoms with Gasteiger partial charge >= 0.3 is 5.97 Å². The summed E-state index contributed by atoms with van der Waals surface area (Å²) >= 11 is 0. The Morgan fingerprint density at radius 2 is 2.29 bits per heavy atom. The Hall–Kier alpha value is -1.31. The third kappa shape index (κ3) is 1.79. The molecule has 0 saturated carbocycles.